The minimum Gasteiger partial charge on any atom is -0.497 e. The van der Waals surface area contributed by atoms with Crippen LogP contribution in [0.1, 0.15) is 11.1 Å². The van der Waals surface area contributed by atoms with E-state index in [-0.39, 0.29) is 18.0 Å². The van der Waals surface area contributed by atoms with Gasteiger partial charge in [-0.3, -0.25) is 14.9 Å². The molecule has 7 nitrogen and oxygen atoms in total. The van der Waals surface area contributed by atoms with Gasteiger partial charge in [0.2, 0.25) is 5.91 Å². The molecule has 1 amide bonds. The van der Waals surface area contributed by atoms with E-state index in [1.807, 2.05) is 18.2 Å². The van der Waals surface area contributed by atoms with Crippen LogP contribution in [0.3, 0.4) is 0 Å². The van der Waals surface area contributed by atoms with Crippen molar-refractivity contribution in [2.45, 2.75) is 6.42 Å². The van der Waals surface area contributed by atoms with Gasteiger partial charge in [0.05, 0.1) is 24.7 Å². The molecule has 0 saturated heterocycles. The second kappa shape index (κ2) is 7.69. The number of nitrogens with one attached hydrogen (secondary N) is 1. The number of benzene rings is 2. The summed E-state index contributed by atoms with van der Waals surface area (Å²) >= 11 is 0. The predicted octanol–water partition coefficient (Wildman–Crippen LogP) is 2.30. The summed E-state index contributed by atoms with van der Waals surface area (Å²) in [6.07, 6.45) is 1.60. The average Bonchev–Trinajstić information content (AvgIpc) is 2.55. The number of nitrogens with zero attached hydrogens (tertiary/aromatic N) is 2. The summed E-state index contributed by atoms with van der Waals surface area (Å²) in [5, 5.41) is 14.4. The first-order chi connectivity index (χ1) is 11.1. The normalized spacial score (nSPS) is 10.5. The number of non-ortho nitro benzene ring substituents is 1. The molecule has 0 aliphatic rings. The molecule has 7 heteroatoms. The lowest BCUT2D eigenvalue weighted by atomic mass is 10.1. The highest BCUT2D eigenvalue weighted by Gasteiger charge is 2.06. The van der Waals surface area contributed by atoms with Crippen molar-refractivity contribution < 1.29 is 14.5 Å². The highest BCUT2D eigenvalue weighted by molar-refractivity contribution is 5.83. The smallest absolute Gasteiger partial charge is 0.269 e. The van der Waals surface area contributed by atoms with Crippen molar-refractivity contribution in [2.75, 3.05) is 7.11 Å². The van der Waals surface area contributed by atoms with Gasteiger partial charge < -0.3 is 4.74 Å². The van der Waals surface area contributed by atoms with Crippen LogP contribution in [-0.2, 0) is 11.2 Å². The molecule has 118 valence electrons. The third kappa shape index (κ3) is 4.92. The molecule has 0 aliphatic carbocycles. The summed E-state index contributed by atoms with van der Waals surface area (Å²) in [6, 6.07) is 13.1. The van der Waals surface area contributed by atoms with E-state index in [9.17, 15) is 14.9 Å². The number of carbonyl (C=O) groups is 1. The Morgan fingerprint density at radius 3 is 2.70 bits per heavy atom. The van der Waals surface area contributed by atoms with Gasteiger partial charge in [-0.2, -0.15) is 5.10 Å². The van der Waals surface area contributed by atoms with Gasteiger partial charge in [-0.05, 0) is 23.3 Å². The maximum Gasteiger partial charge on any atom is 0.269 e. The van der Waals surface area contributed by atoms with E-state index < -0.39 is 4.92 Å². The molecule has 0 unspecified atom stereocenters. The molecule has 2 aromatic carbocycles. The Labute approximate surface area is 132 Å². The van der Waals surface area contributed by atoms with Crippen LogP contribution >= 0.6 is 0 Å². The number of hydrazone groups is 1. The summed E-state index contributed by atoms with van der Waals surface area (Å²) in [5.41, 5.74) is 3.86. The van der Waals surface area contributed by atoms with Crippen molar-refractivity contribution in [3.8, 4) is 5.75 Å². The number of amides is 1. The Balaban J connectivity index is 1.89. The van der Waals surface area contributed by atoms with E-state index in [0.717, 1.165) is 5.56 Å². The first kappa shape index (κ1) is 16.2. The number of methoxy groups -OCH3 is 1. The number of carbonyl (C=O) groups excluding carboxylic acids is 1. The zero-order valence-corrected chi connectivity index (χ0v) is 12.4. The highest BCUT2D eigenvalue weighted by atomic mass is 16.6. The van der Waals surface area contributed by atoms with E-state index in [0.29, 0.717) is 11.3 Å². The summed E-state index contributed by atoms with van der Waals surface area (Å²) in [6.45, 7) is 0. The predicted molar refractivity (Wildman–Crippen MR) is 85.5 cm³/mol. The van der Waals surface area contributed by atoms with Gasteiger partial charge in [-0.25, -0.2) is 5.43 Å². The summed E-state index contributed by atoms with van der Waals surface area (Å²) in [5.74, 6) is 0.393. The van der Waals surface area contributed by atoms with Crippen LogP contribution in [0.25, 0.3) is 0 Å². The largest absolute Gasteiger partial charge is 0.497 e. The summed E-state index contributed by atoms with van der Waals surface area (Å²) in [4.78, 5) is 21.8. The molecule has 0 heterocycles. The molecule has 0 aromatic heterocycles. The van der Waals surface area contributed by atoms with Crippen molar-refractivity contribution >= 4 is 17.8 Å². The maximum absolute atomic E-state index is 11.8. The molecular weight excluding hydrogens is 298 g/mol. The zero-order valence-electron chi connectivity index (χ0n) is 12.4. The third-order valence-electron chi connectivity index (χ3n) is 3.01. The van der Waals surface area contributed by atoms with Crippen LogP contribution < -0.4 is 10.2 Å². The van der Waals surface area contributed by atoms with Crippen molar-refractivity contribution in [3.63, 3.8) is 0 Å². The fraction of sp³-hybridized carbons (Fsp3) is 0.125. The minimum absolute atomic E-state index is 0.00907. The van der Waals surface area contributed by atoms with Crippen LogP contribution in [0.15, 0.2) is 53.6 Å². The average molecular weight is 313 g/mol. The molecule has 0 atom stereocenters. The fourth-order valence-corrected chi connectivity index (χ4v) is 1.86. The highest BCUT2D eigenvalue weighted by Crippen LogP contribution is 2.12. The Bertz CT molecular complexity index is 726. The number of rotatable bonds is 6. The first-order valence-corrected chi connectivity index (χ1v) is 6.78. The number of ether oxygens (including phenoxy) is 1. The van der Waals surface area contributed by atoms with E-state index in [1.54, 1.807) is 25.3 Å². The van der Waals surface area contributed by atoms with Gasteiger partial charge in [-0.15, -0.1) is 0 Å². The minimum atomic E-state index is -0.484. The monoisotopic (exact) mass is 313 g/mol. The van der Waals surface area contributed by atoms with Crippen LogP contribution in [0, 0.1) is 10.1 Å². The second-order valence-corrected chi connectivity index (χ2v) is 4.67. The van der Waals surface area contributed by atoms with E-state index >= 15 is 0 Å². The zero-order chi connectivity index (χ0) is 16.7. The molecule has 0 saturated carbocycles. The van der Waals surface area contributed by atoms with Gasteiger partial charge in [-0.1, -0.05) is 24.3 Å². The molecule has 2 rings (SSSR count). The Morgan fingerprint density at radius 2 is 2.04 bits per heavy atom. The summed E-state index contributed by atoms with van der Waals surface area (Å²) < 4.78 is 5.09. The Hall–Kier alpha value is -3.22. The molecule has 0 aliphatic heterocycles. The maximum atomic E-state index is 11.8. The van der Waals surface area contributed by atoms with Crippen LogP contribution in [0.4, 0.5) is 5.69 Å². The lowest BCUT2D eigenvalue weighted by Crippen LogP contribution is -2.19. The molecule has 0 fully saturated rings. The standard InChI is InChI=1S/C16H15N3O4/c1-23-15-4-2-3-13(9-15)11-17-18-16(20)10-12-5-7-14(8-6-12)19(21)22/h2-9,11H,10H2,1H3,(H,18,20)/b17-11+. The first-order valence-electron chi connectivity index (χ1n) is 6.78. The quantitative estimate of drug-likeness (QED) is 0.503. The van der Waals surface area contributed by atoms with E-state index in [2.05, 4.69) is 10.5 Å². The summed E-state index contributed by atoms with van der Waals surface area (Å²) in [7, 11) is 1.57. The van der Waals surface area contributed by atoms with Crippen LogP contribution in [0.2, 0.25) is 0 Å². The van der Waals surface area contributed by atoms with Crippen LogP contribution in [0.5, 0.6) is 5.75 Å². The lowest BCUT2D eigenvalue weighted by Gasteiger charge is -2.01. The molecule has 0 bridgehead atoms. The topological polar surface area (TPSA) is 93.8 Å². The number of nitro groups is 1. The van der Waals surface area contributed by atoms with Crippen molar-refractivity contribution in [1.82, 2.24) is 5.43 Å². The number of nitro benzene ring substituents is 1. The molecule has 0 radical (unpaired) electrons. The van der Waals surface area contributed by atoms with Crippen molar-refractivity contribution in [2.24, 2.45) is 5.10 Å². The lowest BCUT2D eigenvalue weighted by molar-refractivity contribution is -0.384. The SMILES string of the molecule is COc1cccc(/C=N/NC(=O)Cc2ccc([N+](=O)[O-])cc2)c1. The van der Waals surface area contributed by atoms with Crippen LogP contribution in [-0.4, -0.2) is 24.2 Å². The number of hydrogen-bond donors (Lipinski definition) is 1. The third-order valence-corrected chi connectivity index (χ3v) is 3.01. The van der Waals surface area contributed by atoms with Gasteiger partial charge in [0.25, 0.3) is 5.69 Å². The second-order valence-electron chi connectivity index (χ2n) is 4.67. The van der Waals surface area contributed by atoms with Gasteiger partial charge in [0.15, 0.2) is 0 Å². The number of hydrogen-bond acceptors (Lipinski definition) is 5. The Morgan fingerprint density at radius 1 is 1.30 bits per heavy atom. The molecule has 2 aromatic rings. The van der Waals surface area contributed by atoms with Gasteiger partial charge >= 0.3 is 0 Å². The molecule has 0 spiro atoms. The fourth-order valence-electron chi connectivity index (χ4n) is 1.86. The molecule has 23 heavy (non-hydrogen) atoms. The van der Waals surface area contributed by atoms with Crippen molar-refractivity contribution in [3.05, 3.63) is 69.8 Å². The van der Waals surface area contributed by atoms with E-state index in [4.69, 9.17) is 4.74 Å². The van der Waals surface area contributed by atoms with E-state index in [1.165, 1.54) is 18.3 Å². The van der Waals surface area contributed by atoms with Gasteiger partial charge in [0, 0.05) is 12.1 Å². The molecule has 1 N–H and O–H groups in total. The molecular formula is C16H15N3O4. The Kier molecular flexibility index (Phi) is 5.40. The van der Waals surface area contributed by atoms with Gasteiger partial charge in [0.1, 0.15) is 5.75 Å². The van der Waals surface area contributed by atoms with Crippen molar-refractivity contribution in [1.29, 1.82) is 0 Å².